The highest BCUT2D eigenvalue weighted by Crippen LogP contribution is 2.26. The number of nitrogens with zero attached hydrogens (tertiary/aromatic N) is 2. The molecule has 148 valence electrons. The molecule has 2 aliphatic rings. The van der Waals surface area contributed by atoms with Gasteiger partial charge in [-0.25, -0.2) is 0 Å². The van der Waals surface area contributed by atoms with Gasteiger partial charge < -0.3 is 20.3 Å². The molecule has 0 aromatic heterocycles. The molecule has 1 aliphatic heterocycles. The van der Waals surface area contributed by atoms with Crippen molar-refractivity contribution in [3.05, 3.63) is 0 Å². The monoisotopic (exact) mass is 366 g/mol. The summed E-state index contributed by atoms with van der Waals surface area (Å²) in [7, 11) is 1.67. The summed E-state index contributed by atoms with van der Waals surface area (Å²) in [5.74, 6) is 0.770. The van der Waals surface area contributed by atoms with Crippen LogP contribution in [-0.2, 0) is 14.3 Å². The largest absolute Gasteiger partial charge is 0.459 e. The van der Waals surface area contributed by atoms with Crippen LogP contribution in [0.2, 0.25) is 0 Å². The van der Waals surface area contributed by atoms with Gasteiger partial charge in [0.2, 0.25) is 5.91 Å². The van der Waals surface area contributed by atoms with Gasteiger partial charge in [-0.05, 0) is 40.0 Å². The molecule has 1 unspecified atom stereocenters. The maximum absolute atomic E-state index is 12.6. The number of aliphatic imine (C=N–C) groups is 1. The maximum Gasteiger partial charge on any atom is 0.325 e. The van der Waals surface area contributed by atoms with Gasteiger partial charge >= 0.3 is 5.97 Å². The molecule has 1 saturated heterocycles. The number of likely N-dealkylation sites (tertiary alicyclic amines) is 1. The molecule has 26 heavy (non-hydrogen) atoms. The van der Waals surface area contributed by atoms with Crippen molar-refractivity contribution < 1.29 is 14.3 Å². The minimum atomic E-state index is -0.499. The summed E-state index contributed by atoms with van der Waals surface area (Å²) in [5.41, 5.74) is -0.499. The Labute approximate surface area is 156 Å². The first-order valence-corrected chi connectivity index (χ1v) is 9.76. The molecule has 0 aromatic rings. The van der Waals surface area contributed by atoms with E-state index >= 15 is 0 Å². The average Bonchev–Trinajstić information content (AvgIpc) is 3.05. The highest BCUT2D eigenvalue weighted by Gasteiger charge is 2.31. The molecular formula is C19H34N4O3. The summed E-state index contributed by atoms with van der Waals surface area (Å²) in [6.07, 6.45) is 6.57. The summed E-state index contributed by atoms with van der Waals surface area (Å²) in [6.45, 7) is 7.07. The van der Waals surface area contributed by atoms with E-state index in [2.05, 4.69) is 15.6 Å². The molecule has 2 fully saturated rings. The lowest BCUT2D eigenvalue weighted by molar-refractivity contribution is -0.153. The van der Waals surface area contributed by atoms with Gasteiger partial charge in [0.25, 0.3) is 0 Å². The molecule has 1 saturated carbocycles. The van der Waals surface area contributed by atoms with Gasteiger partial charge in [-0.1, -0.05) is 19.3 Å². The quantitative estimate of drug-likeness (QED) is 0.449. The molecule has 1 heterocycles. The Hall–Kier alpha value is -1.79. The molecule has 1 atom stereocenters. The number of esters is 1. The molecule has 7 heteroatoms. The van der Waals surface area contributed by atoms with Gasteiger partial charge in [0.1, 0.15) is 12.1 Å². The maximum atomic E-state index is 12.6. The third kappa shape index (κ3) is 6.50. The molecule has 1 aliphatic carbocycles. The second-order valence-electron chi connectivity index (χ2n) is 8.26. The lowest BCUT2D eigenvalue weighted by Gasteiger charge is -2.26. The first-order chi connectivity index (χ1) is 12.3. The second-order valence-corrected chi connectivity index (χ2v) is 8.26. The smallest absolute Gasteiger partial charge is 0.325 e. The summed E-state index contributed by atoms with van der Waals surface area (Å²) < 4.78 is 5.28. The number of carbonyl (C=O) groups is 2. The predicted octanol–water partition coefficient (Wildman–Crippen LogP) is 1.67. The highest BCUT2D eigenvalue weighted by molar-refractivity contribution is 5.85. The minimum absolute atomic E-state index is 0.0639. The van der Waals surface area contributed by atoms with Crippen LogP contribution in [-0.4, -0.2) is 61.1 Å². The van der Waals surface area contributed by atoms with Crippen molar-refractivity contribution in [3.63, 3.8) is 0 Å². The Morgan fingerprint density at radius 2 is 1.85 bits per heavy atom. The van der Waals surface area contributed by atoms with Crippen LogP contribution < -0.4 is 10.6 Å². The van der Waals surface area contributed by atoms with Crippen molar-refractivity contribution in [2.45, 2.75) is 70.9 Å². The summed E-state index contributed by atoms with van der Waals surface area (Å²) in [5, 5.41) is 6.30. The van der Waals surface area contributed by atoms with Crippen molar-refractivity contribution in [1.29, 1.82) is 0 Å². The third-order valence-corrected chi connectivity index (χ3v) is 4.84. The molecule has 7 nitrogen and oxygen atoms in total. The standard InChI is InChI=1S/C19H34N4O3/c1-19(2,3)26-16(24)12-21-18(20-4)22-15-10-11-23(13-15)17(25)14-8-6-5-7-9-14/h14-15H,5-13H2,1-4H3,(H2,20,21,22). The van der Waals surface area contributed by atoms with Gasteiger partial charge in [-0.15, -0.1) is 0 Å². The molecule has 0 radical (unpaired) electrons. The molecule has 0 bridgehead atoms. The molecule has 0 spiro atoms. The highest BCUT2D eigenvalue weighted by atomic mass is 16.6. The van der Waals surface area contributed by atoms with Crippen molar-refractivity contribution in [2.75, 3.05) is 26.7 Å². The Kier molecular flexibility index (Phi) is 7.29. The first kappa shape index (κ1) is 20.5. The van der Waals surface area contributed by atoms with E-state index in [1.165, 1.54) is 19.3 Å². The summed E-state index contributed by atoms with van der Waals surface area (Å²) >= 11 is 0. The van der Waals surface area contributed by atoms with Crippen LogP contribution in [0.4, 0.5) is 0 Å². The van der Waals surface area contributed by atoms with Crippen molar-refractivity contribution in [2.24, 2.45) is 10.9 Å². The average molecular weight is 367 g/mol. The van der Waals surface area contributed by atoms with Crippen LogP contribution in [0.15, 0.2) is 4.99 Å². The van der Waals surface area contributed by atoms with Gasteiger partial charge in [0.15, 0.2) is 5.96 Å². The Bertz CT molecular complexity index is 521. The molecular weight excluding hydrogens is 332 g/mol. The number of carbonyl (C=O) groups excluding carboxylic acids is 2. The van der Waals surface area contributed by atoms with E-state index in [1.807, 2.05) is 25.7 Å². The van der Waals surface area contributed by atoms with E-state index in [0.29, 0.717) is 18.4 Å². The van der Waals surface area contributed by atoms with E-state index in [-0.39, 0.29) is 24.5 Å². The fourth-order valence-electron chi connectivity index (χ4n) is 3.61. The second kappa shape index (κ2) is 9.24. The van der Waals surface area contributed by atoms with E-state index in [9.17, 15) is 9.59 Å². The normalized spacial score (nSPS) is 22.2. The van der Waals surface area contributed by atoms with Gasteiger partial charge in [0.05, 0.1) is 0 Å². The van der Waals surface area contributed by atoms with Crippen molar-refractivity contribution in [1.82, 2.24) is 15.5 Å². The number of hydrogen-bond acceptors (Lipinski definition) is 4. The number of rotatable bonds is 4. The van der Waals surface area contributed by atoms with Gasteiger partial charge in [-0.2, -0.15) is 0 Å². The van der Waals surface area contributed by atoms with E-state index < -0.39 is 5.60 Å². The first-order valence-electron chi connectivity index (χ1n) is 9.76. The molecule has 2 rings (SSSR count). The number of nitrogens with one attached hydrogen (secondary N) is 2. The van der Waals surface area contributed by atoms with E-state index in [1.54, 1.807) is 7.05 Å². The number of amides is 1. The lowest BCUT2D eigenvalue weighted by Crippen LogP contribution is -2.47. The SMILES string of the molecule is CN=C(NCC(=O)OC(C)(C)C)NC1CCN(C(=O)C2CCCCC2)C1. The topological polar surface area (TPSA) is 83.0 Å². The minimum Gasteiger partial charge on any atom is -0.459 e. The van der Waals surface area contributed by atoms with Gasteiger partial charge in [0, 0.05) is 32.1 Å². The van der Waals surface area contributed by atoms with E-state index in [0.717, 1.165) is 25.8 Å². The molecule has 0 aromatic carbocycles. The van der Waals surface area contributed by atoms with Crippen molar-refractivity contribution in [3.8, 4) is 0 Å². The fourth-order valence-corrected chi connectivity index (χ4v) is 3.61. The molecule has 1 amide bonds. The summed E-state index contributed by atoms with van der Waals surface area (Å²) in [4.78, 5) is 30.6. The van der Waals surface area contributed by atoms with E-state index in [4.69, 9.17) is 4.74 Å². The third-order valence-electron chi connectivity index (χ3n) is 4.84. The fraction of sp³-hybridized carbons (Fsp3) is 0.842. The van der Waals surface area contributed by atoms with Crippen molar-refractivity contribution >= 4 is 17.8 Å². The lowest BCUT2D eigenvalue weighted by atomic mass is 9.88. The zero-order valence-electron chi connectivity index (χ0n) is 16.6. The predicted molar refractivity (Wildman–Crippen MR) is 102 cm³/mol. The molecule has 2 N–H and O–H groups in total. The Balaban J connectivity index is 1.75. The summed E-state index contributed by atoms with van der Waals surface area (Å²) in [6, 6.07) is 0.160. The van der Waals surface area contributed by atoms with Gasteiger partial charge in [-0.3, -0.25) is 14.6 Å². The van der Waals surface area contributed by atoms with Crippen LogP contribution in [0, 0.1) is 5.92 Å². The van der Waals surface area contributed by atoms with Crippen LogP contribution >= 0.6 is 0 Å². The number of guanidine groups is 1. The van der Waals surface area contributed by atoms with Crippen LogP contribution in [0.5, 0.6) is 0 Å². The van der Waals surface area contributed by atoms with Crippen LogP contribution in [0.25, 0.3) is 0 Å². The van der Waals surface area contributed by atoms with Crippen LogP contribution in [0.1, 0.15) is 59.3 Å². The Morgan fingerprint density at radius 1 is 1.15 bits per heavy atom. The zero-order valence-corrected chi connectivity index (χ0v) is 16.6. The Morgan fingerprint density at radius 3 is 2.46 bits per heavy atom. The van der Waals surface area contributed by atoms with Crippen LogP contribution in [0.3, 0.4) is 0 Å². The number of hydrogen-bond donors (Lipinski definition) is 2. The zero-order chi connectivity index (χ0) is 19.2. The number of ether oxygens (including phenoxy) is 1.